The van der Waals surface area contributed by atoms with E-state index in [4.69, 9.17) is 10.5 Å². The Labute approximate surface area is 220 Å². The Bertz CT molecular complexity index is 1430. The van der Waals surface area contributed by atoms with Gasteiger partial charge in [-0.25, -0.2) is 14.4 Å². The number of hydrogen-bond acceptors (Lipinski definition) is 9. The second-order valence-corrected chi connectivity index (χ2v) is 9.44. The summed E-state index contributed by atoms with van der Waals surface area (Å²) in [5, 5.41) is 9.34. The van der Waals surface area contributed by atoms with Crippen LogP contribution in [0.1, 0.15) is 34.7 Å². The van der Waals surface area contributed by atoms with Crippen molar-refractivity contribution in [1.82, 2.24) is 30.0 Å². The third-order valence-corrected chi connectivity index (χ3v) is 6.81. The number of pyridine rings is 3. The second-order valence-electron chi connectivity index (χ2n) is 8.59. The lowest BCUT2D eigenvalue weighted by atomic mass is 10.1. The van der Waals surface area contributed by atoms with Crippen LogP contribution in [0, 0.1) is 5.82 Å². The Kier molecular flexibility index (Phi) is 7.19. The normalized spacial score (nSPS) is 14.5. The standard InChI is InChI=1S/C25H24BrFN8O2/c1-15(22-20(27)3-2-6-29-22)35(14-18-4-5-21(33-32-18)34-7-9-37-10-8-34)25(36)17-11-16-12-19(26)23(28)31-24(16)30-13-17/h2-6,11-13,15H,7-10,14H2,1H3,(H2,28,30,31)/t15-/m0/s1. The number of amides is 1. The van der Waals surface area contributed by atoms with Crippen molar-refractivity contribution < 1.29 is 13.9 Å². The second kappa shape index (κ2) is 10.7. The van der Waals surface area contributed by atoms with Gasteiger partial charge in [-0.2, -0.15) is 5.10 Å². The number of nitrogens with two attached hydrogens (primary N) is 1. The summed E-state index contributed by atoms with van der Waals surface area (Å²) in [5.41, 5.74) is 7.29. The highest BCUT2D eigenvalue weighted by molar-refractivity contribution is 9.10. The highest BCUT2D eigenvalue weighted by atomic mass is 79.9. The smallest absolute Gasteiger partial charge is 0.256 e. The molecule has 1 amide bonds. The monoisotopic (exact) mass is 566 g/mol. The molecule has 0 spiro atoms. The molecule has 2 N–H and O–H groups in total. The van der Waals surface area contributed by atoms with Crippen LogP contribution in [-0.4, -0.2) is 62.3 Å². The zero-order valence-electron chi connectivity index (χ0n) is 20.0. The molecule has 0 bridgehead atoms. The number of halogens is 2. The molecule has 12 heteroatoms. The van der Waals surface area contributed by atoms with Crippen LogP contribution in [0.5, 0.6) is 0 Å². The minimum atomic E-state index is -0.693. The van der Waals surface area contributed by atoms with Crippen LogP contribution in [-0.2, 0) is 11.3 Å². The van der Waals surface area contributed by atoms with Gasteiger partial charge in [0.25, 0.3) is 5.91 Å². The molecule has 0 aliphatic carbocycles. The predicted octanol–water partition coefficient (Wildman–Crippen LogP) is 3.54. The molecule has 1 saturated heterocycles. The molecule has 1 atom stereocenters. The van der Waals surface area contributed by atoms with E-state index < -0.39 is 11.9 Å². The minimum Gasteiger partial charge on any atom is -0.383 e. The fourth-order valence-corrected chi connectivity index (χ4v) is 4.48. The zero-order chi connectivity index (χ0) is 25.9. The van der Waals surface area contributed by atoms with E-state index in [9.17, 15) is 9.18 Å². The first-order chi connectivity index (χ1) is 17.9. The number of anilines is 2. The van der Waals surface area contributed by atoms with Crippen molar-refractivity contribution in [3.8, 4) is 0 Å². The van der Waals surface area contributed by atoms with E-state index >= 15 is 0 Å². The van der Waals surface area contributed by atoms with Crippen LogP contribution in [0.25, 0.3) is 11.0 Å². The molecule has 37 heavy (non-hydrogen) atoms. The van der Waals surface area contributed by atoms with Gasteiger partial charge < -0.3 is 20.3 Å². The van der Waals surface area contributed by atoms with Gasteiger partial charge in [-0.3, -0.25) is 9.78 Å². The van der Waals surface area contributed by atoms with Gasteiger partial charge in [-0.05, 0) is 59.3 Å². The predicted molar refractivity (Wildman–Crippen MR) is 139 cm³/mol. The highest BCUT2D eigenvalue weighted by Gasteiger charge is 2.27. The van der Waals surface area contributed by atoms with Crippen molar-refractivity contribution in [2.45, 2.75) is 19.5 Å². The van der Waals surface area contributed by atoms with Crippen LogP contribution < -0.4 is 10.6 Å². The van der Waals surface area contributed by atoms with Gasteiger partial charge in [0.1, 0.15) is 11.6 Å². The molecule has 10 nitrogen and oxygen atoms in total. The average Bonchev–Trinajstić information content (AvgIpc) is 2.92. The minimum absolute atomic E-state index is 0.0914. The summed E-state index contributed by atoms with van der Waals surface area (Å²) in [7, 11) is 0. The fraction of sp³-hybridized carbons (Fsp3) is 0.280. The molecule has 4 aromatic rings. The summed E-state index contributed by atoms with van der Waals surface area (Å²) in [4.78, 5) is 30.1. The molecule has 1 aliphatic rings. The third-order valence-electron chi connectivity index (χ3n) is 6.18. The van der Waals surface area contributed by atoms with Crippen LogP contribution in [0.4, 0.5) is 16.0 Å². The Morgan fingerprint density at radius 3 is 2.76 bits per heavy atom. The van der Waals surface area contributed by atoms with Crippen molar-refractivity contribution >= 4 is 44.5 Å². The molecular weight excluding hydrogens is 543 g/mol. The number of fused-ring (bicyclic) bond motifs is 1. The van der Waals surface area contributed by atoms with E-state index in [1.54, 1.807) is 19.1 Å². The van der Waals surface area contributed by atoms with Crippen LogP contribution >= 0.6 is 15.9 Å². The quantitative estimate of drug-likeness (QED) is 0.373. The molecule has 190 valence electrons. The molecule has 0 radical (unpaired) electrons. The first-order valence-electron chi connectivity index (χ1n) is 11.7. The summed E-state index contributed by atoms with van der Waals surface area (Å²) >= 11 is 3.36. The van der Waals surface area contributed by atoms with Crippen molar-refractivity contribution in [3.05, 3.63) is 76.0 Å². The van der Waals surface area contributed by atoms with E-state index in [0.29, 0.717) is 45.8 Å². The molecule has 0 aromatic carbocycles. The van der Waals surface area contributed by atoms with E-state index in [-0.39, 0.29) is 18.1 Å². The molecule has 0 unspecified atom stereocenters. The molecule has 5 rings (SSSR count). The van der Waals surface area contributed by atoms with Gasteiger partial charge >= 0.3 is 0 Å². The highest BCUT2D eigenvalue weighted by Crippen LogP contribution is 2.27. The Morgan fingerprint density at radius 1 is 1.22 bits per heavy atom. The number of rotatable bonds is 6. The van der Waals surface area contributed by atoms with Gasteiger partial charge in [-0.1, -0.05) is 0 Å². The SMILES string of the molecule is C[C@@H](c1ncccc1F)N(Cc1ccc(N2CCOCC2)nn1)C(=O)c1cnc2nc(N)c(Br)cc2c1. The summed E-state index contributed by atoms with van der Waals surface area (Å²) < 4.78 is 20.7. The molecule has 5 heterocycles. The van der Waals surface area contributed by atoms with Crippen molar-refractivity contribution in [1.29, 1.82) is 0 Å². The number of ether oxygens (including phenoxy) is 1. The van der Waals surface area contributed by atoms with E-state index in [1.165, 1.54) is 29.4 Å². The number of nitrogens with zero attached hydrogens (tertiary/aromatic N) is 7. The van der Waals surface area contributed by atoms with Gasteiger partial charge in [0.15, 0.2) is 11.5 Å². The third kappa shape index (κ3) is 5.35. The lowest BCUT2D eigenvalue weighted by molar-refractivity contribution is 0.0663. The van der Waals surface area contributed by atoms with Crippen LogP contribution in [0.15, 0.2) is 53.3 Å². The van der Waals surface area contributed by atoms with Crippen LogP contribution in [0.3, 0.4) is 0 Å². The number of carbonyl (C=O) groups is 1. The number of aromatic nitrogens is 5. The maximum absolute atomic E-state index is 14.7. The summed E-state index contributed by atoms with van der Waals surface area (Å²) in [5.74, 6) is 0.185. The lowest BCUT2D eigenvalue weighted by Crippen LogP contribution is -2.37. The molecule has 1 aliphatic heterocycles. The number of nitrogen functional groups attached to an aromatic ring is 1. The van der Waals surface area contributed by atoms with Gasteiger partial charge in [-0.15, -0.1) is 5.10 Å². The van der Waals surface area contributed by atoms with Crippen molar-refractivity contribution in [3.63, 3.8) is 0 Å². The van der Waals surface area contributed by atoms with Gasteiger partial charge in [0.05, 0.1) is 47.2 Å². The summed E-state index contributed by atoms with van der Waals surface area (Å²) in [6, 6.07) is 9.27. The summed E-state index contributed by atoms with van der Waals surface area (Å²) in [6.45, 7) is 4.56. The summed E-state index contributed by atoms with van der Waals surface area (Å²) in [6.07, 6.45) is 2.94. The fourth-order valence-electron chi connectivity index (χ4n) is 4.15. The van der Waals surface area contributed by atoms with Gasteiger partial charge in [0, 0.05) is 30.9 Å². The van der Waals surface area contributed by atoms with Crippen molar-refractivity contribution in [2.24, 2.45) is 0 Å². The van der Waals surface area contributed by atoms with E-state index in [0.717, 1.165) is 18.9 Å². The van der Waals surface area contributed by atoms with Gasteiger partial charge in [0.2, 0.25) is 0 Å². The van der Waals surface area contributed by atoms with Crippen molar-refractivity contribution in [2.75, 3.05) is 36.9 Å². The first-order valence-corrected chi connectivity index (χ1v) is 12.5. The first kappa shape index (κ1) is 24.9. The Hall–Kier alpha value is -3.77. The number of carbonyl (C=O) groups excluding carboxylic acids is 1. The molecular formula is C25H24BrFN8O2. The van der Waals surface area contributed by atoms with Crippen LogP contribution in [0.2, 0.25) is 0 Å². The van der Waals surface area contributed by atoms with E-state index in [2.05, 4.69) is 46.0 Å². The zero-order valence-corrected chi connectivity index (χ0v) is 21.6. The Balaban J connectivity index is 1.47. The molecule has 4 aromatic heterocycles. The molecule has 0 saturated carbocycles. The Morgan fingerprint density at radius 2 is 2.03 bits per heavy atom. The number of hydrogen-bond donors (Lipinski definition) is 1. The van der Waals surface area contributed by atoms with E-state index in [1.807, 2.05) is 12.1 Å². The topological polar surface area (TPSA) is 123 Å². The average molecular weight is 567 g/mol. The number of morpholine rings is 1. The largest absolute Gasteiger partial charge is 0.383 e. The molecule has 1 fully saturated rings. The lowest BCUT2D eigenvalue weighted by Gasteiger charge is -2.29. The maximum atomic E-state index is 14.7. The maximum Gasteiger partial charge on any atom is 0.256 e.